The molecule has 0 aliphatic rings. The number of hydrogen-bond donors (Lipinski definition) is 1. The third-order valence-electron chi connectivity index (χ3n) is 4.30. The molecule has 0 aliphatic heterocycles. The number of thiophene rings is 1. The van der Waals surface area contributed by atoms with E-state index in [4.69, 9.17) is 13.9 Å². The maximum absolute atomic E-state index is 12.3. The minimum absolute atomic E-state index is 0.118. The lowest BCUT2D eigenvalue weighted by atomic mass is 10.1. The second-order valence-corrected chi connectivity index (χ2v) is 8.04. The summed E-state index contributed by atoms with van der Waals surface area (Å²) in [5, 5.41) is 4.87. The highest BCUT2D eigenvalue weighted by molar-refractivity contribution is 7.13. The first-order valence-electron chi connectivity index (χ1n) is 9.60. The summed E-state index contributed by atoms with van der Waals surface area (Å²) in [6, 6.07) is 9.56. The molecule has 0 atom stereocenters. The van der Waals surface area contributed by atoms with Crippen LogP contribution in [0.3, 0.4) is 0 Å². The smallest absolute Gasteiger partial charge is 0.236 e. The minimum Gasteiger partial charge on any atom is -0.493 e. The van der Waals surface area contributed by atoms with Gasteiger partial charge in [0.2, 0.25) is 11.8 Å². The molecule has 0 saturated heterocycles. The Labute approximate surface area is 174 Å². The van der Waals surface area contributed by atoms with E-state index < -0.39 is 0 Å². The Kier molecular flexibility index (Phi) is 7.30. The number of amides is 1. The number of rotatable bonds is 10. The van der Waals surface area contributed by atoms with Gasteiger partial charge in [-0.05, 0) is 41.5 Å². The van der Waals surface area contributed by atoms with Gasteiger partial charge < -0.3 is 19.2 Å². The van der Waals surface area contributed by atoms with Crippen LogP contribution >= 0.6 is 11.3 Å². The van der Waals surface area contributed by atoms with E-state index >= 15 is 0 Å². The van der Waals surface area contributed by atoms with Crippen molar-refractivity contribution in [3.8, 4) is 22.3 Å². The van der Waals surface area contributed by atoms with Crippen molar-refractivity contribution in [2.75, 3.05) is 13.7 Å². The second kappa shape index (κ2) is 10.1. The molecule has 3 rings (SSSR count). The van der Waals surface area contributed by atoms with Crippen LogP contribution in [0, 0.1) is 5.92 Å². The maximum Gasteiger partial charge on any atom is 0.236 e. The zero-order valence-electron chi connectivity index (χ0n) is 16.9. The van der Waals surface area contributed by atoms with Crippen molar-refractivity contribution in [3.63, 3.8) is 0 Å². The van der Waals surface area contributed by atoms with E-state index in [0.717, 1.165) is 16.9 Å². The van der Waals surface area contributed by atoms with E-state index in [2.05, 4.69) is 24.1 Å². The van der Waals surface area contributed by atoms with Crippen molar-refractivity contribution in [3.05, 3.63) is 53.2 Å². The monoisotopic (exact) mass is 414 g/mol. The number of ether oxygens (including phenoxy) is 2. The van der Waals surface area contributed by atoms with Gasteiger partial charge in [0.1, 0.15) is 6.26 Å². The van der Waals surface area contributed by atoms with Crippen LogP contribution in [-0.4, -0.2) is 24.6 Å². The fourth-order valence-electron chi connectivity index (χ4n) is 2.68. The maximum atomic E-state index is 12.3. The highest BCUT2D eigenvalue weighted by Crippen LogP contribution is 2.28. The third kappa shape index (κ3) is 6.09. The molecule has 6 nitrogen and oxygen atoms in total. The molecule has 0 aliphatic carbocycles. The molecule has 0 bridgehead atoms. The highest BCUT2D eigenvalue weighted by Gasteiger charge is 2.12. The Morgan fingerprint density at radius 3 is 2.86 bits per heavy atom. The van der Waals surface area contributed by atoms with Crippen LogP contribution in [0.15, 0.2) is 46.4 Å². The lowest BCUT2D eigenvalue weighted by molar-refractivity contribution is -0.120. The lowest BCUT2D eigenvalue weighted by Crippen LogP contribution is -2.24. The van der Waals surface area contributed by atoms with E-state index in [9.17, 15) is 4.79 Å². The summed E-state index contributed by atoms with van der Waals surface area (Å²) >= 11 is 1.55. The van der Waals surface area contributed by atoms with Crippen LogP contribution in [0.4, 0.5) is 0 Å². The van der Waals surface area contributed by atoms with Crippen molar-refractivity contribution in [2.45, 2.75) is 33.2 Å². The van der Waals surface area contributed by atoms with Gasteiger partial charge in [0.15, 0.2) is 11.5 Å². The summed E-state index contributed by atoms with van der Waals surface area (Å²) in [5.41, 5.74) is 1.54. The average molecular weight is 415 g/mol. The predicted octanol–water partition coefficient (Wildman–Crippen LogP) is 4.70. The van der Waals surface area contributed by atoms with E-state index in [1.54, 1.807) is 18.4 Å². The predicted molar refractivity (Wildman–Crippen MR) is 113 cm³/mol. The van der Waals surface area contributed by atoms with Crippen molar-refractivity contribution < 1.29 is 18.7 Å². The standard InChI is InChI=1S/C22H26N2O4S/c1-15(2)8-9-27-18-7-6-16(11-19(18)26-3)13-23-21(25)12-17-14-28-22(24-17)20-5-4-10-29-20/h4-7,10-11,14-15H,8-9,12-13H2,1-3H3,(H,23,25). The average Bonchev–Trinajstić information content (AvgIpc) is 3.38. The Balaban J connectivity index is 1.52. The number of nitrogens with one attached hydrogen (secondary N) is 1. The van der Waals surface area contributed by atoms with Gasteiger partial charge in [-0.15, -0.1) is 11.3 Å². The fourth-order valence-corrected chi connectivity index (χ4v) is 3.33. The highest BCUT2D eigenvalue weighted by atomic mass is 32.1. The number of carbonyl (C=O) groups is 1. The molecule has 2 aromatic heterocycles. The molecule has 1 aromatic carbocycles. The number of methoxy groups -OCH3 is 1. The van der Waals surface area contributed by atoms with Gasteiger partial charge in [-0.1, -0.05) is 26.0 Å². The first-order chi connectivity index (χ1) is 14.0. The Morgan fingerprint density at radius 2 is 2.14 bits per heavy atom. The van der Waals surface area contributed by atoms with Gasteiger partial charge in [0.05, 0.1) is 30.7 Å². The Hall–Kier alpha value is -2.80. The molecule has 154 valence electrons. The lowest BCUT2D eigenvalue weighted by Gasteiger charge is -2.13. The molecule has 0 spiro atoms. The summed E-state index contributed by atoms with van der Waals surface area (Å²) in [5.74, 6) is 2.39. The van der Waals surface area contributed by atoms with Crippen LogP contribution in [0.5, 0.6) is 11.5 Å². The summed E-state index contributed by atoms with van der Waals surface area (Å²) in [6.45, 7) is 5.37. The topological polar surface area (TPSA) is 73.6 Å². The van der Waals surface area contributed by atoms with Crippen molar-refractivity contribution in [1.29, 1.82) is 0 Å². The van der Waals surface area contributed by atoms with Crippen LogP contribution in [0.2, 0.25) is 0 Å². The van der Waals surface area contributed by atoms with Gasteiger partial charge in [-0.2, -0.15) is 0 Å². The first kappa shape index (κ1) is 20.9. The molecule has 0 unspecified atom stereocenters. The zero-order valence-corrected chi connectivity index (χ0v) is 17.8. The molecule has 2 heterocycles. The van der Waals surface area contributed by atoms with Crippen LogP contribution in [0.1, 0.15) is 31.5 Å². The Morgan fingerprint density at radius 1 is 1.28 bits per heavy atom. The SMILES string of the molecule is COc1cc(CNC(=O)Cc2coc(-c3cccs3)n2)ccc1OCCC(C)C. The number of benzene rings is 1. The molecule has 7 heteroatoms. The minimum atomic E-state index is -0.118. The van der Waals surface area contributed by atoms with Gasteiger partial charge in [0.25, 0.3) is 0 Å². The van der Waals surface area contributed by atoms with E-state index in [-0.39, 0.29) is 12.3 Å². The summed E-state index contributed by atoms with van der Waals surface area (Å²) < 4.78 is 16.7. The number of nitrogens with zero attached hydrogens (tertiary/aromatic N) is 1. The fraction of sp³-hybridized carbons (Fsp3) is 0.364. The first-order valence-corrected chi connectivity index (χ1v) is 10.5. The molecule has 0 saturated carbocycles. The summed E-state index contributed by atoms with van der Waals surface area (Å²) in [7, 11) is 1.61. The van der Waals surface area contributed by atoms with Gasteiger partial charge in [-0.3, -0.25) is 4.79 Å². The molecule has 0 radical (unpaired) electrons. The number of oxazole rings is 1. The van der Waals surface area contributed by atoms with Gasteiger partial charge >= 0.3 is 0 Å². The Bertz CT molecular complexity index is 919. The van der Waals surface area contributed by atoms with Crippen molar-refractivity contribution in [2.24, 2.45) is 5.92 Å². The molecule has 29 heavy (non-hydrogen) atoms. The largest absolute Gasteiger partial charge is 0.493 e. The zero-order chi connectivity index (χ0) is 20.6. The van der Waals surface area contributed by atoms with Crippen LogP contribution in [-0.2, 0) is 17.8 Å². The number of hydrogen-bond acceptors (Lipinski definition) is 6. The molecule has 3 aromatic rings. The normalized spacial score (nSPS) is 10.9. The summed E-state index contributed by atoms with van der Waals surface area (Å²) in [6.07, 6.45) is 2.68. The van der Waals surface area contributed by atoms with Gasteiger partial charge in [0, 0.05) is 6.54 Å². The molecular formula is C22H26N2O4S. The molecular weight excluding hydrogens is 388 g/mol. The van der Waals surface area contributed by atoms with Crippen molar-refractivity contribution >= 4 is 17.2 Å². The van der Waals surface area contributed by atoms with E-state index in [1.807, 2.05) is 35.7 Å². The molecule has 1 amide bonds. The summed E-state index contributed by atoms with van der Waals surface area (Å²) in [4.78, 5) is 17.6. The third-order valence-corrected chi connectivity index (χ3v) is 5.15. The van der Waals surface area contributed by atoms with E-state index in [1.165, 1.54) is 6.26 Å². The van der Waals surface area contributed by atoms with Gasteiger partial charge in [-0.25, -0.2) is 4.98 Å². The number of aromatic nitrogens is 1. The van der Waals surface area contributed by atoms with Crippen molar-refractivity contribution in [1.82, 2.24) is 10.3 Å². The second-order valence-electron chi connectivity index (χ2n) is 7.09. The number of carbonyl (C=O) groups excluding carboxylic acids is 1. The van der Waals surface area contributed by atoms with Crippen LogP contribution < -0.4 is 14.8 Å². The van der Waals surface area contributed by atoms with Crippen LogP contribution in [0.25, 0.3) is 10.8 Å². The molecule has 1 N–H and O–H groups in total. The quantitative estimate of drug-likeness (QED) is 0.521. The van der Waals surface area contributed by atoms with E-state index in [0.29, 0.717) is 42.2 Å². The molecule has 0 fully saturated rings.